The fraction of sp³-hybridized carbons (Fsp3) is 0.778. The minimum absolute atomic E-state index is 0.309. The Kier molecular flexibility index (Phi) is 2.69. The number of nitrogens with zero attached hydrogens (tertiary/aromatic N) is 1. The second-order valence-corrected chi connectivity index (χ2v) is 4.30. The molecule has 0 saturated carbocycles. The summed E-state index contributed by atoms with van der Waals surface area (Å²) in [6.07, 6.45) is -0.635. The summed E-state index contributed by atoms with van der Waals surface area (Å²) in [5.74, 6) is -0.442. The van der Waals surface area contributed by atoms with E-state index in [1.54, 1.807) is 20.8 Å². The molecule has 0 aromatic rings. The van der Waals surface area contributed by atoms with E-state index in [-0.39, 0.29) is 0 Å². The van der Waals surface area contributed by atoms with Crippen LogP contribution in [0.3, 0.4) is 0 Å². The highest BCUT2D eigenvalue weighted by Crippen LogP contribution is 2.23. The third kappa shape index (κ3) is 1.97. The van der Waals surface area contributed by atoms with Crippen LogP contribution in [-0.2, 0) is 9.53 Å². The Labute approximate surface area is 82.6 Å². The molecule has 1 heterocycles. The fourth-order valence-electron chi connectivity index (χ4n) is 1.61. The summed E-state index contributed by atoms with van der Waals surface area (Å²) < 4.78 is 4.75. The van der Waals surface area contributed by atoms with Gasteiger partial charge < -0.3 is 9.84 Å². The average Bonchev–Trinajstić information content (AvgIpc) is 2.32. The van der Waals surface area contributed by atoms with Gasteiger partial charge in [0.05, 0.1) is 6.61 Å². The zero-order valence-corrected chi connectivity index (χ0v) is 8.61. The number of ether oxygens (including phenoxy) is 1. The van der Waals surface area contributed by atoms with E-state index in [1.807, 2.05) is 0 Å². The molecule has 1 rings (SSSR count). The van der Waals surface area contributed by atoms with Gasteiger partial charge in [0, 0.05) is 12.0 Å². The molecule has 0 aromatic carbocycles. The molecule has 80 valence electrons. The quantitative estimate of drug-likeness (QED) is 0.644. The van der Waals surface area contributed by atoms with E-state index in [4.69, 9.17) is 9.84 Å². The van der Waals surface area contributed by atoms with E-state index >= 15 is 0 Å². The minimum Gasteiger partial charge on any atom is -0.465 e. The number of cyclic esters (lactones) is 1. The first-order valence-corrected chi connectivity index (χ1v) is 4.53. The smallest absolute Gasteiger partial charge is 0.408 e. The average molecular weight is 201 g/mol. The first-order chi connectivity index (χ1) is 6.34. The van der Waals surface area contributed by atoms with Crippen molar-refractivity contribution in [3.8, 4) is 0 Å². The van der Waals surface area contributed by atoms with Gasteiger partial charge in [-0.05, 0) is 20.8 Å². The molecule has 1 atom stereocenters. The van der Waals surface area contributed by atoms with Gasteiger partial charge in [-0.1, -0.05) is 0 Å². The number of esters is 1. The third-order valence-corrected chi connectivity index (χ3v) is 2.15. The number of hydrogen-bond donors (Lipinski definition) is 1. The second kappa shape index (κ2) is 3.48. The summed E-state index contributed by atoms with van der Waals surface area (Å²) in [4.78, 5) is 23.4. The maximum absolute atomic E-state index is 11.2. The number of carbonyl (C=O) groups is 2. The molecular weight excluding hydrogens is 186 g/mol. The number of amides is 1. The largest absolute Gasteiger partial charge is 0.465 e. The highest BCUT2D eigenvalue weighted by molar-refractivity contribution is 5.82. The molecule has 5 heteroatoms. The predicted octanol–water partition coefficient (Wildman–Crippen LogP) is 1.08. The Bertz CT molecular complexity index is 256. The number of carboxylic acid groups (broad SMARTS) is 1. The third-order valence-electron chi connectivity index (χ3n) is 2.15. The van der Waals surface area contributed by atoms with E-state index in [9.17, 15) is 9.59 Å². The van der Waals surface area contributed by atoms with Crippen LogP contribution in [0.25, 0.3) is 0 Å². The van der Waals surface area contributed by atoms with E-state index in [0.29, 0.717) is 13.0 Å². The van der Waals surface area contributed by atoms with Crippen molar-refractivity contribution in [1.29, 1.82) is 0 Å². The van der Waals surface area contributed by atoms with Crippen LogP contribution < -0.4 is 0 Å². The van der Waals surface area contributed by atoms with Crippen molar-refractivity contribution in [2.24, 2.45) is 0 Å². The molecule has 0 radical (unpaired) electrons. The summed E-state index contributed by atoms with van der Waals surface area (Å²) in [6.45, 7) is 5.58. The molecule has 1 aliphatic rings. The van der Waals surface area contributed by atoms with Crippen LogP contribution in [0, 0.1) is 0 Å². The van der Waals surface area contributed by atoms with Crippen molar-refractivity contribution in [2.75, 3.05) is 6.61 Å². The summed E-state index contributed by atoms with van der Waals surface area (Å²) in [7, 11) is 0. The van der Waals surface area contributed by atoms with Gasteiger partial charge >= 0.3 is 12.1 Å². The van der Waals surface area contributed by atoms with Crippen LogP contribution in [0.4, 0.5) is 4.79 Å². The predicted molar refractivity (Wildman–Crippen MR) is 49.0 cm³/mol. The Balaban J connectivity index is 2.88. The first-order valence-electron chi connectivity index (χ1n) is 4.53. The van der Waals surface area contributed by atoms with Crippen LogP contribution in [-0.4, -0.2) is 40.3 Å². The van der Waals surface area contributed by atoms with Crippen molar-refractivity contribution < 1.29 is 19.4 Å². The van der Waals surface area contributed by atoms with Gasteiger partial charge in [0.1, 0.15) is 6.04 Å². The van der Waals surface area contributed by atoms with Crippen molar-refractivity contribution >= 4 is 12.1 Å². The van der Waals surface area contributed by atoms with Crippen LogP contribution in [0.1, 0.15) is 27.2 Å². The number of carbonyl (C=O) groups excluding carboxylic acids is 1. The molecule has 1 amide bonds. The minimum atomic E-state index is -1.08. The van der Waals surface area contributed by atoms with Crippen LogP contribution in [0.15, 0.2) is 0 Å². The van der Waals surface area contributed by atoms with Gasteiger partial charge in [-0.2, -0.15) is 0 Å². The Morgan fingerprint density at radius 2 is 2.14 bits per heavy atom. The zero-order valence-electron chi connectivity index (χ0n) is 8.61. The van der Waals surface area contributed by atoms with Crippen molar-refractivity contribution in [1.82, 2.24) is 4.90 Å². The monoisotopic (exact) mass is 201 g/mol. The maximum atomic E-state index is 11.2. The molecule has 14 heavy (non-hydrogen) atoms. The van der Waals surface area contributed by atoms with Crippen molar-refractivity contribution in [2.45, 2.75) is 38.8 Å². The summed E-state index contributed by atoms with van der Waals surface area (Å²) in [5.41, 5.74) is -0.583. The Morgan fingerprint density at radius 1 is 1.57 bits per heavy atom. The fourth-order valence-corrected chi connectivity index (χ4v) is 1.61. The van der Waals surface area contributed by atoms with Gasteiger partial charge in [-0.25, -0.2) is 9.59 Å². The lowest BCUT2D eigenvalue weighted by Gasteiger charge is -2.35. The van der Waals surface area contributed by atoms with Crippen LogP contribution in [0.2, 0.25) is 0 Å². The molecule has 0 aromatic heterocycles. The summed E-state index contributed by atoms with van der Waals surface area (Å²) in [5, 5.41) is 9.01. The lowest BCUT2D eigenvalue weighted by molar-refractivity contribution is -0.143. The molecule has 0 unspecified atom stereocenters. The van der Waals surface area contributed by atoms with Gasteiger partial charge in [0.2, 0.25) is 0 Å². The number of rotatable bonds is 1. The molecule has 1 saturated heterocycles. The van der Waals surface area contributed by atoms with Crippen molar-refractivity contribution in [3.63, 3.8) is 0 Å². The first kappa shape index (κ1) is 10.8. The molecule has 0 aliphatic carbocycles. The maximum Gasteiger partial charge on any atom is 0.408 e. The number of hydrogen-bond acceptors (Lipinski definition) is 3. The normalized spacial score (nSPS) is 21.9. The van der Waals surface area contributed by atoms with Gasteiger partial charge in [0.15, 0.2) is 0 Å². The highest BCUT2D eigenvalue weighted by Gasteiger charge is 2.41. The summed E-state index contributed by atoms with van der Waals surface area (Å²) in [6, 6.07) is -0.646. The summed E-state index contributed by atoms with van der Waals surface area (Å²) >= 11 is 0. The Hall–Kier alpha value is -1.26. The molecular formula is C9H15NO4. The van der Waals surface area contributed by atoms with Crippen molar-refractivity contribution in [3.05, 3.63) is 0 Å². The van der Waals surface area contributed by atoms with Crippen LogP contribution in [0.5, 0.6) is 0 Å². The van der Waals surface area contributed by atoms with E-state index in [2.05, 4.69) is 0 Å². The molecule has 1 N–H and O–H groups in total. The lowest BCUT2D eigenvalue weighted by atomic mass is 10.0. The van der Waals surface area contributed by atoms with Gasteiger partial charge in [0.25, 0.3) is 0 Å². The van der Waals surface area contributed by atoms with Gasteiger partial charge in [-0.15, -0.1) is 0 Å². The van der Waals surface area contributed by atoms with Crippen LogP contribution >= 0.6 is 0 Å². The SMILES string of the molecule is CC(C)(C)N(C(=O)O)[C@H]1CCOC1=O. The van der Waals surface area contributed by atoms with Gasteiger partial charge in [-0.3, -0.25) is 4.90 Å². The second-order valence-electron chi connectivity index (χ2n) is 4.30. The molecule has 0 spiro atoms. The molecule has 0 bridgehead atoms. The lowest BCUT2D eigenvalue weighted by Crippen LogP contribution is -2.52. The van der Waals surface area contributed by atoms with E-state index in [0.717, 1.165) is 4.90 Å². The molecule has 5 nitrogen and oxygen atoms in total. The molecule has 1 fully saturated rings. The Morgan fingerprint density at radius 3 is 2.43 bits per heavy atom. The van der Waals surface area contributed by atoms with E-state index in [1.165, 1.54) is 0 Å². The zero-order chi connectivity index (χ0) is 10.9. The van der Waals surface area contributed by atoms with E-state index < -0.39 is 23.6 Å². The highest BCUT2D eigenvalue weighted by atomic mass is 16.5. The molecule has 1 aliphatic heterocycles. The topological polar surface area (TPSA) is 66.8 Å². The standard InChI is InChI=1S/C9H15NO4/c1-9(2,3)10(8(12)13)6-4-5-14-7(6)11/h6H,4-5H2,1-3H3,(H,12,13)/t6-/m0/s1.